The summed E-state index contributed by atoms with van der Waals surface area (Å²) in [6.07, 6.45) is -0.496. The summed E-state index contributed by atoms with van der Waals surface area (Å²) in [5.41, 5.74) is 1.03. The predicted octanol–water partition coefficient (Wildman–Crippen LogP) is 1.67. The fraction of sp³-hybridized carbons (Fsp3) is 0.235. The number of aliphatic hydroxyl groups excluding tert-OH is 1. The Morgan fingerprint density at radius 3 is 2.28 bits per heavy atom. The zero-order valence-corrected chi connectivity index (χ0v) is 14.4. The lowest BCUT2D eigenvalue weighted by Crippen LogP contribution is -2.31. The summed E-state index contributed by atoms with van der Waals surface area (Å²) >= 11 is 0. The number of carbonyl (C=O) groups is 1. The van der Waals surface area contributed by atoms with E-state index in [1.165, 1.54) is 12.1 Å². The standard InChI is InChI=1S/C17H19FN2O4S/c1-12(21)11-19-17(22)10-13-2-6-15(7-3-13)20-25(23,24)16-8-4-14(18)5-9-16/h2-9,12,20-21H,10-11H2,1H3,(H,19,22). The molecule has 0 radical (unpaired) electrons. The number of aliphatic hydroxyl groups is 1. The molecule has 6 nitrogen and oxygen atoms in total. The molecule has 0 heterocycles. The number of carbonyl (C=O) groups excluding carboxylic acids is 1. The highest BCUT2D eigenvalue weighted by Crippen LogP contribution is 2.17. The van der Waals surface area contributed by atoms with E-state index in [1.54, 1.807) is 31.2 Å². The molecule has 3 N–H and O–H groups in total. The van der Waals surface area contributed by atoms with Gasteiger partial charge in [0.2, 0.25) is 5.91 Å². The highest BCUT2D eigenvalue weighted by molar-refractivity contribution is 7.92. The van der Waals surface area contributed by atoms with E-state index in [0.717, 1.165) is 12.1 Å². The number of benzene rings is 2. The van der Waals surface area contributed by atoms with E-state index in [2.05, 4.69) is 10.0 Å². The van der Waals surface area contributed by atoms with Crippen molar-refractivity contribution < 1.29 is 22.7 Å². The fourth-order valence-electron chi connectivity index (χ4n) is 2.03. The van der Waals surface area contributed by atoms with Gasteiger partial charge < -0.3 is 10.4 Å². The molecular weight excluding hydrogens is 347 g/mol. The van der Waals surface area contributed by atoms with E-state index in [0.29, 0.717) is 11.3 Å². The number of hydrogen-bond donors (Lipinski definition) is 3. The summed E-state index contributed by atoms with van der Waals surface area (Å²) in [6.45, 7) is 1.75. The second-order valence-corrected chi connectivity index (χ2v) is 7.27. The molecular formula is C17H19FN2O4S. The molecule has 0 aromatic heterocycles. The largest absolute Gasteiger partial charge is 0.392 e. The molecule has 1 unspecified atom stereocenters. The lowest BCUT2D eigenvalue weighted by molar-refractivity contribution is -0.120. The molecule has 1 amide bonds. The summed E-state index contributed by atoms with van der Waals surface area (Å²) in [4.78, 5) is 11.6. The first kappa shape index (κ1) is 18.9. The lowest BCUT2D eigenvalue weighted by Gasteiger charge is -2.10. The maximum absolute atomic E-state index is 12.9. The topological polar surface area (TPSA) is 95.5 Å². The lowest BCUT2D eigenvalue weighted by atomic mass is 10.1. The summed E-state index contributed by atoms with van der Waals surface area (Å²) in [5.74, 6) is -0.752. The molecule has 2 rings (SSSR count). The van der Waals surface area contributed by atoms with Crippen molar-refractivity contribution in [2.24, 2.45) is 0 Å². The van der Waals surface area contributed by atoms with E-state index < -0.39 is 21.9 Å². The van der Waals surface area contributed by atoms with Crippen LogP contribution in [0.2, 0.25) is 0 Å². The Hall–Kier alpha value is -2.45. The quantitative estimate of drug-likeness (QED) is 0.695. The smallest absolute Gasteiger partial charge is 0.261 e. The Morgan fingerprint density at radius 2 is 1.72 bits per heavy atom. The highest BCUT2D eigenvalue weighted by Gasteiger charge is 2.14. The first-order valence-electron chi connectivity index (χ1n) is 7.58. The normalized spacial score (nSPS) is 12.4. The molecule has 0 spiro atoms. The number of halogens is 1. The van der Waals surface area contributed by atoms with Crippen molar-refractivity contribution in [3.8, 4) is 0 Å². The average Bonchev–Trinajstić information content (AvgIpc) is 2.55. The number of sulfonamides is 1. The van der Waals surface area contributed by atoms with Gasteiger partial charge in [-0.2, -0.15) is 0 Å². The van der Waals surface area contributed by atoms with Crippen LogP contribution in [0.25, 0.3) is 0 Å². The van der Waals surface area contributed by atoms with Crippen molar-refractivity contribution in [3.63, 3.8) is 0 Å². The van der Waals surface area contributed by atoms with Gasteiger partial charge in [0.1, 0.15) is 5.82 Å². The zero-order chi connectivity index (χ0) is 18.4. The Bertz CT molecular complexity index is 819. The molecule has 0 saturated heterocycles. The van der Waals surface area contributed by atoms with Crippen LogP contribution in [-0.2, 0) is 21.2 Å². The molecule has 25 heavy (non-hydrogen) atoms. The molecule has 134 valence electrons. The van der Waals surface area contributed by atoms with E-state index >= 15 is 0 Å². The average molecular weight is 366 g/mol. The number of rotatable bonds is 7. The first-order chi connectivity index (χ1) is 11.8. The van der Waals surface area contributed by atoms with Crippen molar-refractivity contribution in [2.75, 3.05) is 11.3 Å². The van der Waals surface area contributed by atoms with Gasteiger partial charge in [-0.25, -0.2) is 12.8 Å². The van der Waals surface area contributed by atoms with Crippen LogP contribution in [-0.4, -0.2) is 32.1 Å². The number of amides is 1. The Morgan fingerprint density at radius 1 is 1.12 bits per heavy atom. The molecule has 0 aliphatic carbocycles. The first-order valence-corrected chi connectivity index (χ1v) is 9.07. The third-order valence-corrected chi connectivity index (χ3v) is 4.69. The van der Waals surface area contributed by atoms with Crippen molar-refractivity contribution in [3.05, 3.63) is 59.9 Å². The van der Waals surface area contributed by atoms with Crippen LogP contribution < -0.4 is 10.0 Å². The van der Waals surface area contributed by atoms with E-state index in [1.807, 2.05) is 0 Å². The van der Waals surface area contributed by atoms with Crippen LogP contribution >= 0.6 is 0 Å². The molecule has 0 fully saturated rings. The van der Waals surface area contributed by atoms with Crippen molar-refractivity contribution in [1.29, 1.82) is 0 Å². The minimum Gasteiger partial charge on any atom is -0.392 e. The van der Waals surface area contributed by atoms with Crippen molar-refractivity contribution in [1.82, 2.24) is 5.32 Å². The maximum atomic E-state index is 12.9. The van der Waals surface area contributed by atoms with Gasteiger partial charge in [-0.1, -0.05) is 12.1 Å². The molecule has 2 aromatic carbocycles. The van der Waals surface area contributed by atoms with Crippen LogP contribution in [0.5, 0.6) is 0 Å². The molecule has 1 atom stereocenters. The SMILES string of the molecule is CC(O)CNC(=O)Cc1ccc(NS(=O)(=O)c2ccc(F)cc2)cc1. The van der Waals surface area contributed by atoms with Gasteiger partial charge in [-0.05, 0) is 48.9 Å². The van der Waals surface area contributed by atoms with Gasteiger partial charge in [-0.15, -0.1) is 0 Å². The Balaban J connectivity index is 2.00. The molecule has 2 aromatic rings. The second-order valence-electron chi connectivity index (χ2n) is 5.59. The summed E-state index contributed by atoms with van der Waals surface area (Å²) < 4.78 is 39.7. The van der Waals surface area contributed by atoms with Gasteiger partial charge in [0, 0.05) is 12.2 Å². The summed E-state index contributed by atoms with van der Waals surface area (Å²) in [7, 11) is -3.81. The molecule has 0 aliphatic heterocycles. The molecule has 8 heteroatoms. The number of anilines is 1. The fourth-order valence-corrected chi connectivity index (χ4v) is 3.09. The molecule has 0 saturated carbocycles. The number of nitrogens with one attached hydrogen (secondary N) is 2. The summed E-state index contributed by atoms with van der Waals surface area (Å²) in [5, 5.41) is 11.7. The third-order valence-electron chi connectivity index (χ3n) is 3.29. The van der Waals surface area contributed by atoms with Crippen molar-refractivity contribution in [2.45, 2.75) is 24.3 Å². The van der Waals surface area contributed by atoms with Gasteiger partial charge in [0.15, 0.2) is 0 Å². The van der Waals surface area contributed by atoms with E-state index in [-0.39, 0.29) is 23.8 Å². The predicted molar refractivity (Wildman–Crippen MR) is 92.0 cm³/mol. The Kier molecular flexibility index (Phi) is 6.11. The van der Waals surface area contributed by atoms with Gasteiger partial charge in [-0.3, -0.25) is 9.52 Å². The second kappa shape index (κ2) is 8.09. The highest BCUT2D eigenvalue weighted by atomic mass is 32.2. The van der Waals surface area contributed by atoms with Crippen molar-refractivity contribution >= 4 is 21.6 Å². The minimum absolute atomic E-state index is 0.0459. The number of hydrogen-bond acceptors (Lipinski definition) is 4. The van der Waals surface area contributed by atoms with Crippen LogP contribution in [0.15, 0.2) is 53.4 Å². The molecule has 0 bridgehead atoms. The van der Waals surface area contributed by atoms with Gasteiger partial charge in [0.05, 0.1) is 17.4 Å². The summed E-state index contributed by atoms with van der Waals surface area (Å²) in [6, 6.07) is 10.8. The maximum Gasteiger partial charge on any atom is 0.261 e. The zero-order valence-electron chi connectivity index (χ0n) is 13.6. The van der Waals surface area contributed by atoms with Gasteiger partial charge in [0.25, 0.3) is 10.0 Å². The Labute approximate surface area is 145 Å². The minimum atomic E-state index is -3.81. The van der Waals surface area contributed by atoms with Gasteiger partial charge >= 0.3 is 0 Å². The van der Waals surface area contributed by atoms with Crippen LogP contribution in [0, 0.1) is 5.82 Å². The van der Waals surface area contributed by atoms with E-state index in [4.69, 9.17) is 5.11 Å². The van der Waals surface area contributed by atoms with Crippen LogP contribution in [0.1, 0.15) is 12.5 Å². The monoisotopic (exact) mass is 366 g/mol. The third kappa shape index (κ3) is 5.84. The van der Waals surface area contributed by atoms with Crippen LogP contribution in [0.3, 0.4) is 0 Å². The van der Waals surface area contributed by atoms with E-state index in [9.17, 15) is 17.6 Å². The molecule has 0 aliphatic rings. The van der Waals surface area contributed by atoms with Crippen LogP contribution in [0.4, 0.5) is 10.1 Å².